The number of ketones is 1. The van der Waals surface area contributed by atoms with E-state index in [0.717, 1.165) is 22.0 Å². The molecule has 1 saturated heterocycles. The van der Waals surface area contributed by atoms with Crippen LogP contribution in [0.4, 0.5) is 0 Å². The number of pyridine rings is 1. The van der Waals surface area contributed by atoms with Crippen LogP contribution in [-0.4, -0.2) is 45.9 Å². The Morgan fingerprint density at radius 1 is 1.25 bits per heavy atom. The summed E-state index contributed by atoms with van der Waals surface area (Å²) >= 11 is 1.37. The number of aliphatic hydroxyl groups excluding tert-OH is 1. The highest BCUT2D eigenvalue weighted by molar-refractivity contribution is 7.12. The van der Waals surface area contributed by atoms with Gasteiger partial charge in [-0.1, -0.05) is 18.2 Å². The number of fused-ring (bicyclic) bond motifs is 1. The Kier molecular flexibility index (Phi) is 5.24. The van der Waals surface area contributed by atoms with Gasteiger partial charge in [0.05, 0.1) is 22.9 Å². The van der Waals surface area contributed by atoms with Crippen LogP contribution in [0.5, 0.6) is 0 Å². The van der Waals surface area contributed by atoms with Crippen molar-refractivity contribution < 1.29 is 14.7 Å². The van der Waals surface area contributed by atoms with Crippen LogP contribution in [0.15, 0.2) is 48.0 Å². The lowest BCUT2D eigenvalue weighted by atomic mass is 9.94. The van der Waals surface area contributed by atoms with Gasteiger partial charge in [0.15, 0.2) is 5.78 Å². The first-order chi connectivity index (χ1) is 13.5. The molecule has 3 aromatic rings. The summed E-state index contributed by atoms with van der Waals surface area (Å²) in [7, 11) is 0. The Hall–Kier alpha value is -2.57. The van der Waals surface area contributed by atoms with Gasteiger partial charge < -0.3 is 10.0 Å². The second-order valence-corrected chi connectivity index (χ2v) is 8.28. The first-order valence-electron chi connectivity index (χ1n) is 9.38. The van der Waals surface area contributed by atoms with E-state index in [0.29, 0.717) is 24.4 Å². The summed E-state index contributed by atoms with van der Waals surface area (Å²) in [6, 6.07) is 11.8. The number of para-hydroxylation sites is 1. The van der Waals surface area contributed by atoms with Crippen LogP contribution >= 0.6 is 11.3 Å². The number of thiophene rings is 1. The van der Waals surface area contributed by atoms with Crippen LogP contribution in [0.25, 0.3) is 10.9 Å². The highest BCUT2D eigenvalue weighted by Gasteiger charge is 2.34. The van der Waals surface area contributed by atoms with Crippen molar-refractivity contribution in [2.24, 2.45) is 5.92 Å². The van der Waals surface area contributed by atoms with Gasteiger partial charge in [-0.3, -0.25) is 14.6 Å². The van der Waals surface area contributed by atoms with Crippen molar-refractivity contribution in [1.29, 1.82) is 0 Å². The number of rotatable bonds is 5. The fourth-order valence-electron chi connectivity index (χ4n) is 3.81. The van der Waals surface area contributed by atoms with Crippen molar-refractivity contribution in [3.63, 3.8) is 0 Å². The lowest BCUT2D eigenvalue weighted by Gasteiger charge is -2.16. The third-order valence-corrected chi connectivity index (χ3v) is 6.42. The van der Waals surface area contributed by atoms with Crippen molar-refractivity contribution in [1.82, 2.24) is 9.88 Å². The minimum Gasteiger partial charge on any atom is -0.391 e. The third-order valence-electron chi connectivity index (χ3n) is 5.34. The van der Waals surface area contributed by atoms with E-state index in [1.54, 1.807) is 17.2 Å². The van der Waals surface area contributed by atoms with E-state index in [2.05, 4.69) is 4.98 Å². The normalized spacial score (nSPS) is 19.3. The number of β-amino-alcohol motifs (C(OH)–C–C–N with tert-alkyl or cyclic N) is 1. The molecule has 0 aliphatic carbocycles. The van der Waals surface area contributed by atoms with E-state index in [1.807, 2.05) is 35.7 Å². The molecule has 1 fully saturated rings. The highest BCUT2D eigenvalue weighted by Crippen LogP contribution is 2.26. The molecule has 1 N–H and O–H groups in total. The monoisotopic (exact) mass is 394 g/mol. The predicted molar refractivity (Wildman–Crippen MR) is 110 cm³/mol. The van der Waals surface area contributed by atoms with E-state index < -0.39 is 6.10 Å². The second-order valence-electron chi connectivity index (χ2n) is 7.37. The zero-order chi connectivity index (χ0) is 19.7. The molecule has 6 heteroatoms. The van der Waals surface area contributed by atoms with E-state index in [1.165, 1.54) is 18.3 Å². The number of likely N-dealkylation sites (tertiary alicyclic amines) is 1. The Balaban J connectivity index is 1.43. The largest absolute Gasteiger partial charge is 0.391 e. The Morgan fingerprint density at radius 3 is 2.86 bits per heavy atom. The van der Waals surface area contributed by atoms with Gasteiger partial charge in [0.1, 0.15) is 0 Å². The number of nitrogens with zero attached hydrogens (tertiary/aromatic N) is 2. The summed E-state index contributed by atoms with van der Waals surface area (Å²) in [5.74, 6) is 0.0176. The summed E-state index contributed by atoms with van der Waals surface area (Å²) in [6.07, 6.45) is 2.24. The molecule has 0 bridgehead atoms. The zero-order valence-corrected chi connectivity index (χ0v) is 16.5. The lowest BCUT2D eigenvalue weighted by molar-refractivity contribution is -0.129. The fraction of sp³-hybridized carbons (Fsp3) is 0.318. The minimum atomic E-state index is -0.536. The average molecular weight is 394 g/mol. The molecule has 0 radical (unpaired) electrons. The maximum Gasteiger partial charge on any atom is 0.227 e. The first kappa shape index (κ1) is 18.8. The highest BCUT2D eigenvalue weighted by atomic mass is 32.1. The van der Waals surface area contributed by atoms with Gasteiger partial charge in [0, 0.05) is 30.6 Å². The molecule has 2 atom stereocenters. The summed E-state index contributed by atoms with van der Waals surface area (Å²) < 4.78 is 0. The lowest BCUT2D eigenvalue weighted by Crippen LogP contribution is -2.30. The van der Waals surface area contributed by atoms with Crippen LogP contribution in [-0.2, 0) is 17.6 Å². The van der Waals surface area contributed by atoms with Gasteiger partial charge in [-0.2, -0.15) is 0 Å². The molecule has 0 saturated carbocycles. The van der Waals surface area contributed by atoms with Gasteiger partial charge >= 0.3 is 0 Å². The number of hydrogen-bond acceptors (Lipinski definition) is 5. The number of amides is 1. The van der Waals surface area contributed by atoms with Crippen LogP contribution < -0.4 is 0 Å². The van der Waals surface area contributed by atoms with Gasteiger partial charge in [-0.05, 0) is 48.1 Å². The Labute approximate surface area is 167 Å². The summed E-state index contributed by atoms with van der Waals surface area (Å²) in [5, 5.41) is 13.5. The van der Waals surface area contributed by atoms with E-state index >= 15 is 0 Å². The molecule has 2 aromatic heterocycles. The molecule has 4 rings (SSSR count). The molecule has 0 spiro atoms. The Morgan fingerprint density at radius 2 is 2.07 bits per heavy atom. The van der Waals surface area contributed by atoms with Gasteiger partial charge in [-0.25, -0.2) is 0 Å². The van der Waals surface area contributed by atoms with Crippen LogP contribution in [0.3, 0.4) is 0 Å². The van der Waals surface area contributed by atoms with Crippen molar-refractivity contribution in [2.75, 3.05) is 13.1 Å². The molecule has 5 nitrogen and oxygen atoms in total. The number of aliphatic hydroxyl groups is 1. The molecule has 144 valence electrons. The first-order valence-corrected chi connectivity index (χ1v) is 10.3. The second kappa shape index (κ2) is 7.81. The molecule has 1 amide bonds. The zero-order valence-electron chi connectivity index (χ0n) is 15.7. The average Bonchev–Trinajstić information content (AvgIpc) is 3.29. The van der Waals surface area contributed by atoms with Crippen molar-refractivity contribution in [2.45, 2.75) is 25.9 Å². The topological polar surface area (TPSA) is 70.5 Å². The molecular weight excluding hydrogens is 372 g/mol. The number of Topliss-reactive ketones (excluding diaryl/α,β-unsaturated/α-hetero) is 1. The summed E-state index contributed by atoms with van der Waals surface area (Å²) in [5.41, 5.74) is 2.95. The standard InChI is InChI=1S/C22H22N2O3S/c1-14(25)21-8-15(13-28-21)9-22(27)24-11-17(20(26)12-24)10-16-6-7-23-19-5-3-2-4-18(16)19/h2-8,13,17,20,26H,9-12H2,1H3/t17-,20-/m1/s1. The fourth-order valence-corrected chi connectivity index (χ4v) is 4.63. The van der Waals surface area contributed by atoms with Gasteiger partial charge in [0.2, 0.25) is 5.91 Å². The number of hydrogen-bond donors (Lipinski definition) is 1. The van der Waals surface area contributed by atoms with Crippen molar-refractivity contribution in [3.05, 3.63) is 64.0 Å². The van der Waals surface area contributed by atoms with E-state index in [9.17, 15) is 14.7 Å². The van der Waals surface area contributed by atoms with Crippen LogP contribution in [0.1, 0.15) is 27.7 Å². The number of aromatic nitrogens is 1. The maximum atomic E-state index is 12.7. The SMILES string of the molecule is CC(=O)c1cc(CC(=O)N2C[C@@H](Cc3ccnc4ccccc34)[C@H](O)C2)cs1. The van der Waals surface area contributed by atoms with Gasteiger partial charge in [0.25, 0.3) is 0 Å². The van der Waals surface area contributed by atoms with Crippen molar-refractivity contribution in [3.8, 4) is 0 Å². The molecule has 0 unspecified atom stereocenters. The van der Waals surface area contributed by atoms with E-state index in [4.69, 9.17) is 0 Å². The molecule has 1 aliphatic heterocycles. The molecule has 28 heavy (non-hydrogen) atoms. The Bertz CT molecular complexity index is 1020. The number of carbonyl (C=O) groups is 2. The van der Waals surface area contributed by atoms with Crippen LogP contribution in [0, 0.1) is 5.92 Å². The maximum absolute atomic E-state index is 12.7. The molecule has 3 heterocycles. The van der Waals surface area contributed by atoms with Crippen LogP contribution in [0.2, 0.25) is 0 Å². The quantitative estimate of drug-likeness (QED) is 0.675. The molecule has 1 aromatic carbocycles. The minimum absolute atomic E-state index is 0.00464. The molecular formula is C22H22N2O3S. The number of benzene rings is 1. The number of carbonyl (C=O) groups excluding carboxylic acids is 2. The summed E-state index contributed by atoms with van der Waals surface area (Å²) in [6.45, 7) is 2.43. The predicted octanol–water partition coefficient (Wildman–Crippen LogP) is 3.10. The smallest absolute Gasteiger partial charge is 0.227 e. The third kappa shape index (κ3) is 3.84. The summed E-state index contributed by atoms with van der Waals surface area (Å²) in [4.78, 5) is 30.9. The van der Waals surface area contributed by atoms with E-state index in [-0.39, 0.29) is 24.0 Å². The molecule has 1 aliphatic rings. The van der Waals surface area contributed by atoms with Crippen molar-refractivity contribution >= 4 is 33.9 Å². The van der Waals surface area contributed by atoms with Gasteiger partial charge in [-0.15, -0.1) is 11.3 Å².